The first-order valence-corrected chi connectivity index (χ1v) is 7.38. The van der Waals surface area contributed by atoms with Crippen LogP contribution in [0.15, 0.2) is 0 Å². The maximum Gasteiger partial charge on any atom is 0.0432 e. The summed E-state index contributed by atoms with van der Waals surface area (Å²) in [4.78, 5) is 5.22. The van der Waals surface area contributed by atoms with Crippen molar-refractivity contribution in [1.82, 2.24) is 9.80 Å². The van der Waals surface area contributed by atoms with Gasteiger partial charge in [-0.2, -0.15) is 0 Å². The molecule has 0 bridgehead atoms. The third-order valence-electron chi connectivity index (χ3n) is 4.80. The van der Waals surface area contributed by atoms with E-state index < -0.39 is 0 Å². The van der Waals surface area contributed by atoms with Gasteiger partial charge in [-0.1, -0.05) is 33.6 Å². The zero-order valence-electron chi connectivity index (χ0n) is 12.8. The molecule has 0 aromatic rings. The predicted octanol–water partition coefficient (Wildman–Crippen LogP) is 3.37. The molecule has 0 saturated carbocycles. The highest BCUT2D eigenvalue weighted by Crippen LogP contribution is 2.37. The van der Waals surface area contributed by atoms with E-state index in [2.05, 4.69) is 51.5 Å². The highest BCUT2D eigenvalue weighted by molar-refractivity contribution is 5.05. The van der Waals surface area contributed by atoms with E-state index in [1.54, 1.807) is 0 Å². The van der Waals surface area contributed by atoms with Crippen LogP contribution in [0.2, 0.25) is 0 Å². The fraction of sp³-hybridized carbons (Fsp3) is 1.00. The van der Waals surface area contributed by atoms with Gasteiger partial charge in [-0.25, -0.2) is 0 Å². The number of hydrogen-bond donors (Lipinski definition) is 0. The van der Waals surface area contributed by atoms with Crippen LogP contribution in [-0.4, -0.2) is 47.6 Å². The number of nitrogens with zero attached hydrogens (tertiary/aromatic N) is 2. The molecule has 2 heteroatoms. The lowest BCUT2D eigenvalue weighted by Gasteiger charge is -2.59. The van der Waals surface area contributed by atoms with Crippen LogP contribution in [0.4, 0.5) is 0 Å². The van der Waals surface area contributed by atoms with E-state index in [4.69, 9.17) is 0 Å². The summed E-state index contributed by atoms with van der Waals surface area (Å²) in [6, 6.07) is 0. The predicted molar refractivity (Wildman–Crippen MR) is 76.5 cm³/mol. The summed E-state index contributed by atoms with van der Waals surface area (Å²) in [6.07, 6.45) is 5.28. The van der Waals surface area contributed by atoms with Crippen molar-refractivity contribution in [2.45, 2.75) is 71.4 Å². The molecule has 1 heterocycles. The van der Waals surface area contributed by atoms with E-state index in [0.717, 1.165) is 6.54 Å². The third kappa shape index (κ3) is 3.03. The number of likely N-dealkylation sites (N-methyl/N-ethyl adjacent to an activating group) is 1. The Morgan fingerprint density at radius 1 is 1.12 bits per heavy atom. The van der Waals surface area contributed by atoms with Gasteiger partial charge in [0.25, 0.3) is 0 Å². The average Bonchev–Trinajstić information content (AvgIpc) is 2.24. The van der Waals surface area contributed by atoms with Gasteiger partial charge >= 0.3 is 0 Å². The lowest BCUT2D eigenvalue weighted by atomic mass is 9.80. The number of rotatable bonds is 7. The van der Waals surface area contributed by atoms with E-state index in [9.17, 15) is 0 Å². The second-order valence-electron chi connectivity index (χ2n) is 6.36. The van der Waals surface area contributed by atoms with Gasteiger partial charge in [0, 0.05) is 24.2 Å². The molecule has 1 saturated heterocycles. The topological polar surface area (TPSA) is 6.48 Å². The van der Waals surface area contributed by atoms with Crippen LogP contribution in [0.3, 0.4) is 0 Å². The van der Waals surface area contributed by atoms with Crippen molar-refractivity contribution < 1.29 is 0 Å². The van der Waals surface area contributed by atoms with E-state index in [0.29, 0.717) is 11.1 Å². The Bertz CT molecular complexity index is 225. The minimum absolute atomic E-state index is 0.414. The first-order valence-electron chi connectivity index (χ1n) is 7.38. The van der Waals surface area contributed by atoms with Gasteiger partial charge < -0.3 is 0 Å². The Balaban J connectivity index is 2.59. The normalized spacial score (nSPS) is 20.6. The lowest BCUT2D eigenvalue weighted by Crippen LogP contribution is -2.72. The molecule has 1 aliphatic heterocycles. The van der Waals surface area contributed by atoms with E-state index >= 15 is 0 Å². The van der Waals surface area contributed by atoms with Crippen LogP contribution < -0.4 is 0 Å². The smallest absolute Gasteiger partial charge is 0.0432 e. The molecule has 1 rings (SSSR count). The molecule has 0 atom stereocenters. The fourth-order valence-electron chi connectivity index (χ4n) is 3.30. The summed E-state index contributed by atoms with van der Waals surface area (Å²) in [5, 5.41) is 0. The molecule has 1 fully saturated rings. The van der Waals surface area contributed by atoms with Crippen molar-refractivity contribution in [3.63, 3.8) is 0 Å². The average molecular weight is 240 g/mol. The molecular formula is C15H32N2. The monoisotopic (exact) mass is 240 g/mol. The van der Waals surface area contributed by atoms with Crippen molar-refractivity contribution in [3.05, 3.63) is 0 Å². The minimum atomic E-state index is 0.414. The molecule has 0 spiro atoms. The minimum Gasteiger partial charge on any atom is -0.299 e. The molecule has 2 nitrogen and oxygen atoms in total. The van der Waals surface area contributed by atoms with E-state index in [1.165, 1.54) is 38.8 Å². The molecule has 1 aliphatic rings. The highest BCUT2D eigenvalue weighted by atomic mass is 15.4. The van der Waals surface area contributed by atoms with Crippen molar-refractivity contribution >= 4 is 0 Å². The lowest BCUT2D eigenvalue weighted by molar-refractivity contribution is -0.0898. The van der Waals surface area contributed by atoms with Gasteiger partial charge in [0.1, 0.15) is 0 Å². The maximum absolute atomic E-state index is 2.71. The summed E-state index contributed by atoms with van der Waals surface area (Å²) in [5.41, 5.74) is 0.856. The van der Waals surface area contributed by atoms with Gasteiger partial charge in [0.15, 0.2) is 0 Å². The zero-order valence-corrected chi connectivity index (χ0v) is 12.8. The second-order valence-corrected chi connectivity index (χ2v) is 6.36. The highest BCUT2D eigenvalue weighted by Gasteiger charge is 2.47. The van der Waals surface area contributed by atoms with Crippen molar-refractivity contribution in [2.75, 3.05) is 26.7 Å². The Kier molecular flexibility index (Phi) is 5.03. The largest absolute Gasteiger partial charge is 0.299 e. The van der Waals surface area contributed by atoms with Gasteiger partial charge in [0.05, 0.1) is 0 Å². The van der Waals surface area contributed by atoms with Crippen LogP contribution in [0.5, 0.6) is 0 Å². The molecule has 0 amide bonds. The standard InChI is InChI=1S/C15H32N2/c1-7-10-14(4,11-8-2)17-12-15(5,13-17)16(6)9-3/h7-13H2,1-6H3. The molecule has 0 aliphatic carbocycles. The maximum atomic E-state index is 2.71. The van der Waals surface area contributed by atoms with Crippen molar-refractivity contribution in [2.24, 2.45) is 0 Å². The van der Waals surface area contributed by atoms with Gasteiger partial charge in [0.2, 0.25) is 0 Å². The SMILES string of the molecule is CCCC(C)(CCC)N1CC(C)(N(C)CC)C1. The summed E-state index contributed by atoms with van der Waals surface area (Å²) in [5.74, 6) is 0. The Hall–Kier alpha value is -0.0800. The molecule has 17 heavy (non-hydrogen) atoms. The first-order chi connectivity index (χ1) is 7.91. The molecule has 0 aromatic carbocycles. The van der Waals surface area contributed by atoms with Crippen LogP contribution in [0.25, 0.3) is 0 Å². The van der Waals surface area contributed by atoms with Gasteiger partial charge in [-0.15, -0.1) is 0 Å². The van der Waals surface area contributed by atoms with Crippen molar-refractivity contribution in [3.8, 4) is 0 Å². The summed E-state index contributed by atoms with van der Waals surface area (Å²) < 4.78 is 0. The summed E-state index contributed by atoms with van der Waals surface area (Å²) in [6.45, 7) is 15.4. The van der Waals surface area contributed by atoms with Gasteiger partial charge in [-0.05, 0) is 40.3 Å². The molecular weight excluding hydrogens is 208 g/mol. The molecule has 102 valence electrons. The first kappa shape index (κ1) is 15.0. The molecule has 0 aromatic heterocycles. The van der Waals surface area contributed by atoms with Crippen molar-refractivity contribution in [1.29, 1.82) is 0 Å². The molecule has 0 radical (unpaired) electrons. The Morgan fingerprint density at radius 3 is 1.94 bits per heavy atom. The molecule has 0 unspecified atom stereocenters. The van der Waals surface area contributed by atoms with Crippen LogP contribution >= 0.6 is 0 Å². The quantitative estimate of drug-likeness (QED) is 0.673. The summed E-state index contributed by atoms with van der Waals surface area (Å²) in [7, 11) is 2.26. The Labute approximate surface area is 108 Å². The molecule has 0 N–H and O–H groups in total. The van der Waals surface area contributed by atoms with Crippen LogP contribution in [-0.2, 0) is 0 Å². The number of likely N-dealkylation sites (tertiary alicyclic amines) is 1. The van der Waals surface area contributed by atoms with Crippen LogP contribution in [0, 0.1) is 0 Å². The third-order valence-corrected chi connectivity index (χ3v) is 4.80. The second kappa shape index (κ2) is 5.71. The van der Waals surface area contributed by atoms with E-state index in [-0.39, 0.29) is 0 Å². The van der Waals surface area contributed by atoms with E-state index in [1.807, 2.05) is 0 Å². The zero-order chi connectivity index (χ0) is 13.1. The van der Waals surface area contributed by atoms with Gasteiger partial charge in [-0.3, -0.25) is 9.80 Å². The summed E-state index contributed by atoms with van der Waals surface area (Å²) >= 11 is 0. The van der Waals surface area contributed by atoms with Crippen LogP contribution in [0.1, 0.15) is 60.3 Å². The number of hydrogen-bond acceptors (Lipinski definition) is 2. The fourth-order valence-corrected chi connectivity index (χ4v) is 3.30. The Morgan fingerprint density at radius 2 is 1.59 bits per heavy atom.